The van der Waals surface area contributed by atoms with Crippen molar-refractivity contribution in [3.8, 4) is 5.69 Å². The van der Waals surface area contributed by atoms with E-state index in [1.807, 2.05) is 40.8 Å². The fraction of sp³-hybridized carbons (Fsp3) is 0.286. The third kappa shape index (κ3) is 2.94. The maximum Gasteiger partial charge on any atom is 0.267 e. The van der Waals surface area contributed by atoms with Crippen molar-refractivity contribution in [1.29, 1.82) is 0 Å². The van der Waals surface area contributed by atoms with Gasteiger partial charge in [0, 0.05) is 0 Å². The average molecular weight is 379 g/mol. The molecule has 4 aromatic rings. The molecule has 0 radical (unpaired) electrons. The molecule has 0 aliphatic rings. The topological polar surface area (TPSA) is 52.2 Å². The first kappa shape index (κ1) is 17.8. The molecule has 1 atom stereocenters. The van der Waals surface area contributed by atoms with Crippen molar-refractivity contribution in [2.75, 3.05) is 5.75 Å². The quantitative estimate of drug-likeness (QED) is 0.474. The number of hydrogen-bond donors (Lipinski definition) is 0. The van der Waals surface area contributed by atoms with Gasteiger partial charge in [0.15, 0.2) is 5.16 Å². The van der Waals surface area contributed by atoms with E-state index in [0.717, 1.165) is 28.5 Å². The molecule has 0 saturated carbocycles. The number of hydrogen-bond acceptors (Lipinski definition) is 4. The molecule has 6 heteroatoms. The van der Waals surface area contributed by atoms with Crippen molar-refractivity contribution in [1.82, 2.24) is 19.2 Å². The number of rotatable bonds is 5. The molecule has 0 bridgehead atoms. The van der Waals surface area contributed by atoms with Gasteiger partial charge in [-0.1, -0.05) is 56.8 Å². The molecule has 0 fully saturated rings. The highest BCUT2D eigenvalue weighted by molar-refractivity contribution is 7.99. The van der Waals surface area contributed by atoms with Crippen LogP contribution in [-0.2, 0) is 0 Å². The van der Waals surface area contributed by atoms with Gasteiger partial charge in [0.05, 0.1) is 16.6 Å². The van der Waals surface area contributed by atoms with E-state index in [1.54, 1.807) is 16.3 Å². The molecule has 0 saturated heterocycles. The second-order valence-electron chi connectivity index (χ2n) is 6.61. The molecule has 138 valence electrons. The third-order valence-corrected chi connectivity index (χ3v) is 5.81. The normalized spacial score (nSPS) is 12.7. The van der Waals surface area contributed by atoms with Crippen molar-refractivity contribution >= 4 is 28.4 Å². The molecule has 0 aliphatic heterocycles. The van der Waals surface area contributed by atoms with Crippen LogP contribution < -0.4 is 5.56 Å². The van der Waals surface area contributed by atoms with Crippen molar-refractivity contribution in [2.45, 2.75) is 38.3 Å². The van der Waals surface area contributed by atoms with E-state index >= 15 is 0 Å². The lowest BCUT2D eigenvalue weighted by Crippen LogP contribution is -2.21. The Balaban J connectivity index is 2.02. The summed E-state index contributed by atoms with van der Waals surface area (Å²) in [6.45, 7) is 6.47. The van der Waals surface area contributed by atoms with Crippen LogP contribution in [-0.4, -0.2) is 24.9 Å². The van der Waals surface area contributed by atoms with Crippen LogP contribution in [0.25, 0.3) is 22.4 Å². The van der Waals surface area contributed by atoms with Gasteiger partial charge < -0.3 is 0 Å². The lowest BCUT2D eigenvalue weighted by atomic mass is 9.98. The number of fused-ring (bicyclic) bond motifs is 3. The summed E-state index contributed by atoms with van der Waals surface area (Å²) in [7, 11) is 0. The standard InChI is InChI=1S/C21H22N4OS/c1-4-14(3)15-10-12-16(13-11-15)24-19(26)17-8-6-7-9-18(17)25-20(24)22-23-21(25)27-5-2/h6-14H,4-5H2,1-3H3/t14-/m0/s1. The predicted molar refractivity (Wildman–Crippen MR) is 111 cm³/mol. The minimum Gasteiger partial charge on any atom is -0.268 e. The lowest BCUT2D eigenvalue weighted by molar-refractivity contribution is 0.733. The Morgan fingerprint density at radius 3 is 2.48 bits per heavy atom. The van der Waals surface area contributed by atoms with Crippen molar-refractivity contribution < 1.29 is 0 Å². The first-order valence-electron chi connectivity index (χ1n) is 9.27. The number of para-hydroxylation sites is 1. The van der Waals surface area contributed by atoms with E-state index in [1.165, 1.54) is 5.56 Å². The highest BCUT2D eigenvalue weighted by atomic mass is 32.2. The molecule has 0 spiro atoms. The van der Waals surface area contributed by atoms with Crippen LogP contribution in [0.2, 0.25) is 0 Å². The Morgan fingerprint density at radius 2 is 1.78 bits per heavy atom. The van der Waals surface area contributed by atoms with Gasteiger partial charge >= 0.3 is 0 Å². The summed E-state index contributed by atoms with van der Waals surface area (Å²) in [5.74, 6) is 1.93. The van der Waals surface area contributed by atoms with Gasteiger partial charge in [-0.3, -0.25) is 9.20 Å². The van der Waals surface area contributed by atoms with Gasteiger partial charge in [0.1, 0.15) is 0 Å². The van der Waals surface area contributed by atoms with Crippen molar-refractivity contribution in [3.05, 3.63) is 64.4 Å². The van der Waals surface area contributed by atoms with Gasteiger partial charge in [-0.15, -0.1) is 10.2 Å². The Morgan fingerprint density at radius 1 is 1.04 bits per heavy atom. The summed E-state index contributed by atoms with van der Waals surface area (Å²) in [4.78, 5) is 13.3. The molecule has 0 unspecified atom stereocenters. The smallest absolute Gasteiger partial charge is 0.267 e. The van der Waals surface area contributed by atoms with Gasteiger partial charge in [0.2, 0.25) is 5.78 Å². The molecular formula is C21H22N4OS. The summed E-state index contributed by atoms with van der Waals surface area (Å²) < 4.78 is 3.64. The summed E-state index contributed by atoms with van der Waals surface area (Å²) in [6, 6.07) is 15.8. The van der Waals surface area contributed by atoms with Crippen LogP contribution in [0.15, 0.2) is 58.5 Å². The molecule has 0 amide bonds. The average Bonchev–Trinajstić information content (AvgIpc) is 3.12. The highest BCUT2D eigenvalue weighted by Gasteiger charge is 2.17. The lowest BCUT2D eigenvalue weighted by Gasteiger charge is -2.13. The van der Waals surface area contributed by atoms with Crippen molar-refractivity contribution in [3.63, 3.8) is 0 Å². The van der Waals surface area contributed by atoms with Crippen LogP contribution in [0.3, 0.4) is 0 Å². The largest absolute Gasteiger partial charge is 0.268 e. The minimum atomic E-state index is -0.0742. The van der Waals surface area contributed by atoms with E-state index in [-0.39, 0.29) is 5.56 Å². The van der Waals surface area contributed by atoms with E-state index in [9.17, 15) is 4.79 Å². The number of benzene rings is 2. The van der Waals surface area contributed by atoms with Gasteiger partial charge in [-0.2, -0.15) is 0 Å². The summed E-state index contributed by atoms with van der Waals surface area (Å²) in [5.41, 5.74) is 2.85. The van der Waals surface area contributed by atoms with Crippen LogP contribution in [0.5, 0.6) is 0 Å². The Bertz CT molecular complexity index is 1160. The molecule has 0 N–H and O–H groups in total. The summed E-state index contributed by atoms with van der Waals surface area (Å²) in [5, 5.41) is 10.2. The number of thioether (sulfide) groups is 1. The minimum absolute atomic E-state index is 0.0742. The van der Waals surface area contributed by atoms with E-state index in [4.69, 9.17) is 0 Å². The second kappa shape index (κ2) is 7.19. The second-order valence-corrected chi connectivity index (χ2v) is 7.84. The molecule has 4 rings (SSSR count). The number of nitrogens with zero attached hydrogens (tertiary/aromatic N) is 4. The maximum absolute atomic E-state index is 13.3. The summed E-state index contributed by atoms with van der Waals surface area (Å²) in [6.07, 6.45) is 1.08. The molecule has 2 aromatic carbocycles. The molecule has 5 nitrogen and oxygen atoms in total. The monoisotopic (exact) mass is 378 g/mol. The Hall–Kier alpha value is -2.60. The van der Waals surface area contributed by atoms with E-state index in [0.29, 0.717) is 17.1 Å². The molecule has 0 aliphatic carbocycles. The van der Waals surface area contributed by atoms with Crippen LogP contribution in [0, 0.1) is 0 Å². The van der Waals surface area contributed by atoms with E-state index in [2.05, 4.69) is 43.1 Å². The fourth-order valence-electron chi connectivity index (χ4n) is 3.32. The van der Waals surface area contributed by atoms with Crippen LogP contribution in [0.1, 0.15) is 38.7 Å². The zero-order chi connectivity index (χ0) is 19.0. The molecule has 27 heavy (non-hydrogen) atoms. The molecular weight excluding hydrogens is 356 g/mol. The zero-order valence-electron chi connectivity index (χ0n) is 15.7. The maximum atomic E-state index is 13.3. The molecule has 2 aromatic heterocycles. The fourth-order valence-corrected chi connectivity index (χ4v) is 3.99. The Kier molecular flexibility index (Phi) is 4.74. The van der Waals surface area contributed by atoms with Crippen molar-refractivity contribution in [2.24, 2.45) is 0 Å². The SMILES string of the molecule is CCSc1nnc2n(-c3ccc([C@@H](C)CC)cc3)c(=O)c3ccccc3n12. The first-order chi connectivity index (χ1) is 13.2. The predicted octanol–water partition coefficient (Wildman–Crippen LogP) is 4.66. The Labute approximate surface area is 162 Å². The van der Waals surface area contributed by atoms with Gasteiger partial charge in [-0.05, 0) is 47.9 Å². The zero-order valence-corrected chi connectivity index (χ0v) is 16.5. The third-order valence-electron chi connectivity index (χ3n) is 5.00. The highest BCUT2D eigenvalue weighted by Crippen LogP contribution is 2.24. The first-order valence-corrected chi connectivity index (χ1v) is 10.3. The van der Waals surface area contributed by atoms with Crippen LogP contribution >= 0.6 is 11.8 Å². The number of aromatic nitrogens is 4. The summed E-state index contributed by atoms with van der Waals surface area (Å²) >= 11 is 1.62. The van der Waals surface area contributed by atoms with Gasteiger partial charge in [-0.25, -0.2) is 4.57 Å². The van der Waals surface area contributed by atoms with E-state index < -0.39 is 0 Å². The molecule has 2 heterocycles. The van der Waals surface area contributed by atoms with Gasteiger partial charge in [0.25, 0.3) is 5.56 Å². The van der Waals surface area contributed by atoms with Crippen LogP contribution in [0.4, 0.5) is 0 Å².